The van der Waals surface area contributed by atoms with Gasteiger partial charge in [-0.2, -0.15) is 10.2 Å². The lowest BCUT2D eigenvalue weighted by atomic mass is 10.2. The minimum absolute atomic E-state index is 0.00260. The molecule has 0 aliphatic heterocycles. The van der Waals surface area contributed by atoms with Crippen molar-refractivity contribution < 1.29 is 19.1 Å². The number of hydrogen-bond donors (Lipinski definition) is 2. The highest BCUT2D eigenvalue weighted by atomic mass is 19.1. The molecule has 2 N–H and O–H groups in total. The van der Waals surface area contributed by atoms with Gasteiger partial charge in [0.25, 0.3) is 0 Å². The number of carbonyl (C=O) groups excluding carboxylic acids is 1. The average molecular weight is 357 g/mol. The Morgan fingerprint density at radius 2 is 2.08 bits per heavy atom. The summed E-state index contributed by atoms with van der Waals surface area (Å²) in [4.78, 5) is 22.9. The molecule has 0 fully saturated rings. The van der Waals surface area contributed by atoms with E-state index < -0.39 is 11.9 Å². The molecule has 1 aromatic carbocycles. The van der Waals surface area contributed by atoms with E-state index in [1.807, 2.05) is 0 Å². The van der Waals surface area contributed by atoms with Crippen LogP contribution in [0.5, 0.6) is 0 Å². The van der Waals surface area contributed by atoms with E-state index in [1.54, 1.807) is 35.9 Å². The zero-order valence-corrected chi connectivity index (χ0v) is 13.9. The molecule has 0 saturated heterocycles. The summed E-state index contributed by atoms with van der Waals surface area (Å²) in [6, 6.07) is 8.09. The van der Waals surface area contributed by atoms with E-state index in [4.69, 9.17) is 5.11 Å². The molecule has 26 heavy (non-hydrogen) atoms. The number of nitrogens with zero attached hydrogens (tertiary/aromatic N) is 4. The lowest BCUT2D eigenvalue weighted by Gasteiger charge is -2.05. The molecule has 0 atom stereocenters. The Labute approximate surface area is 147 Å². The number of benzene rings is 1. The normalized spacial score (nSPS) is 10.7. The first-order chi connectivity index (χ1) is 12.4. The highest BCUT2D eigenvalue weighted by Crippen LogP contribution is 2.13. The summed E-state index contributed by atoms with van der Waals surface area (Å²) in [7, 11) is 0. The van der Waals surface area contributed by atoms with Gasteiger partial charge in [0.15, 0.2) is 5.82 Å². The first-order valence-electron chi connectivity index (χ1n) is 7.76. The van der Waals surface area contributed by atoms with Crippen molar-refractivity contribution >= 4 is 17.7 Å². The van der Waals surface area contributed by atoms with Gasteiger partial charge in [-0.05, 0) is 13.0 Å². The van der Waals surface area contributed by atoms with Gasteiger partial charge < -0.3 is 10.4 Å². The third-order valence-electron chi connectivity index (χ3n) is 3.71. The second-order valence-electron chi connectivity index (χ2n) is 5.70. The van der Waals surface area contributed by atoms with Crippen LogP contribution in [0.4, 0.5) is 10.2 Å². The maximum Gasteiger partial charge on any atom is 0.338 e. The summed E-state index contributed by atoms with van der Waals surface area (Å²) in [5, 5.41) is 19.5. The van der Waals surface area contributed by atoms with Crippen molar-refractivity contribution in [2.24, 2.45) is 0 Å². The number of aromatic nitrogens is 4. The Morgan fingerprint density at radius 1 is 1.31 bits per heavy atom. The predicted octanol–water partition coefficient (Wildman–Crippen LogP) is 1.91. The molecule has 0 saturated carbocycles. The van der Waals surface area contributed by atoms with Crippen molar-refractivity contribution in [2.45, 2.75) is 20.0 Å². The molecule has 0 spiro atoms. The van der Waals surface area contributed by atoms with E-state index in [-0.39, 0.29) is 24.5 Å². The standard InChI is InChI=1S/C17H16FN5O3/c1-11-6-15(21-23(11)9-12-4-2-3-5-14(12)18)20-16(24)10-22-8-13(7-19-22)17(25)26/h2-8H,9-10H2,1H3,(H,25,26)(H,20,21,24). The van der Waals surface area contributed by atoms with Crippen LogP contribution in [0.15, 0.2) is 42.7 Å². The highest BCUT2D eigenvalue weighted by molar-refractivity contribution is 5.90. The molecule has 134 valence electrons. The van der Waals surface area contributed by atoms with Gasteiger partial charge in [0.1, 0.15) is 12.4 Å². The molecule has 2 heterocycles. The number of carboxylic acids is 1. The van der Waals surface area contributed by atoms with E-state index in [0.717, 1.165) is 5.69 Å². The number of hydrogen-bond acceptors (Lipinski definition) is 4. The number of carbonyl (C=O) groups is 2. The molecule has 2 aromatic heterocycles. The summed E-state index contributed by atoms with van der Waals surface area (Å²) in [5.41, 5.74) is 1.26. The third-order valence-corrected chi connectivity index (χ3v) is 3.71. The Bertz CT molecular complexity index is 963. The van der Waals surface area contributed by atoms with Crippen LogP contribution in [0.3, 0.4) is 0 Å². The molecular weight excluding hydrogens is 341 g/mol. The van der Waals surface area contributed by atoms with Gasteiger partial charge in [-0.1, -0.05) is 18.2 Å². The predicted molar refractivity (Wildman–Crippen MR) is 90.3 cm³/mol. The largest absolute Gasteiger partial charge is 0.478 e. The van der Waals surface area contributed by atoms with Crippen molar-refractivity contribution in [3.05, 3.63) is 65.4 Å². The summed E-state index contributed by atoms with van der Waals surface area (Å²) in [6.07, 6.45) is 2.44. The second kappa shape index (κ2) is 7.18. The van der Waals surface area contributed by atoms with Gasteiger partial charge in [-0.15, -0.1) is 0 Å². The van der Waals surface area contributed by atoms with Crippen LogP contribution in [0.25, 0.3) is 0 Å². The quantitative estimate of drug-likeness (QED) is 0.702. The van der Waals surface area contributed by atoms with Crippen LogP contribution in [0, 0.1) is 12.7 Å². The van der Waals surface area contributed by atoms with Crippen LogP contribution >= 0.6 is 0 Å². The Hall–Kier alpha value is -3.49. The number of anilines is 1. The number of carboxylic acid groups (broad SMARTS) is 1. The fourth-order valence-corrected chi connectivity index (χ4v) is 2.41. The molecule has 0 aliphatic carbocycles. The van der Waals surface area contributed by atoms with E-state index in [1.165, 1.54) is 23.1 Å². The van der Waals surface area contributed by atoms with Gasteiger partial charge in [0.2, 0.25) is 5.91 Å². The average Bonchev–Trinajstić information content (AvgIpc) is 3.17. The number of nitrogens with one attached hydrogen (secondary N) is 1. The molecule has 3 aromatic rings. The summed E-state index contributed by atoms with van der Waals surface area (Å²) >= 11 is 0. The molecular formula is C17H16FN5O3. The smallest absolute Gasteiger partial charge is 0.338 e. The Balaban J connectivity index is 1.65. The van der Waals surface area contributed by atoms with Crippen LogP contribution in [-0.4, -0.2) is 36.5 Å². The Morgan fingerprint density at radius 3 is 2.77 bits per heavy atom. The maximum absolute atomic E-state index is 13.8. The lowest BCUT2D eigenvalue weighted by molar-refractivity contribution is -0.116. The summed E-state index contributed by atoms with van der Waals surface area (Å²) in [6.45, 7) is 1.90. The van der Waals surface area contributed by atoms with Crippen molar-refractivity contribution in [3.8, 4) is 0 Å². The maximum atomic E-state index is 13.8. The van der Waals surface area contributed by atoms with Crippen LogP contribution < -0.4 is 5.32 Å². The second-order valence-corrected chi connectivity index (χ2v) is 5.70. The SMILES string of the molecule is Cc1cc(NC(=O)Cn2cc(C(=O)O)cn2)nn1Cc1ccccc1F. The zero-order chi connectivity index (χ0) is 18.7. The van der Waals surface area contributed by atoms with Crippen molar-refractivity contribution in [1.29, 1.82) is 0 Å². The topological polar surface area (TPSA) is 102 Å². The number of aromatic carboxylic acids is 1. The lowest BCUT2D eigenvalue weighted by Crippen LogP contribution is -2.19. The summed E-state index contributed by atoms with van der Waals surface area (Å²) < 4.78 is 16.6. The fraction of sp³-hybridized carbons (Fsp3) is 0.176. The fourth-order valence-electron chi connectivity index (χ4n) is 2.41. The molecule has 0 bridgehead atoms. The van der Waals surface area contributed by atoms with Crippen molar-refractivity contribution in [2.75, 3.05) is 5.32 Å². The first-order valence-corrected chi connectivity index (χ1v) is 7.76. The molecule has 0 unspecified atom stereocenters. The molecule has 3 rings (SSSR count). The van der Waals surface area contributed by atoms with E-state index in [0.29, 0.717) is 11.4 Å². The minimum Gasteiger partial charge on any atom is -0.478 e. The Kier molecular flexibility index (Phi) is 4.78. The van der Waals surface area contributed by atoms with Crippen molar-refractivity contribution in [3.63, 3.8) is 0 Å². The van der Waals surface area contributed by atoms with E-state index in [9.17, 15) is 14.0 Å². The van der Waals surface area contributed by atoms with Gasteiger partial charge in [-0.25, -0.2) is 9.18 Å². The molecule has 8 nitrogen and oxygen atoms in total. The van der Waals surface area contributed by atoms with Gasteiger partial charge in [-0.3, -0.25) is 14.2 Å². The first kappa shape index (κ1) is 17.3. The monoisotopic (exact) mass is 357 g/mol. The van der Waals surface area contributed by atoms with Crippen LogP contribution in [0.2, 0.25) is 0 Å². The number of aryl methyl sites for hydroxylation is 1. The van der Waals surface area contributed by atoms with Crippen LogP contribution in [0.1, 0.15) is 21.6 Å². The number of amides is 1. The van der Waals surface area contributed by atoms with Gasteiger partial charge in [0, 0.05) is 23.5 Å². The summed E-state index contributed by atoms with van der Waals surface area (Å²) in [5.74, 6) is -1.50. The number of rotatable bonds is 6. The third kappa shape index (κ3) is 3.94. The molecule has 1 amide bonds. The molecule has 9 heteroatoms. The van der Waals surface area contributed by atoms with E-state index in [2.05, 4.69) is 15.5 Å². The highest BCUT2D eigenvalue weighted by Gasteiger charge is 2.12. The molecule has 0 aliphatic rings. The van der Waals surface area contributed by atoms with Crippen LogP contribution in [-0.2, 0) is 17.9 Å². The number of halogens is 1. The van der Waals surface area contributed by atoms with Gasteiger partial charge >= 0.3 is 5.97 Å². The van der Waals surface area contributed by atoms with E-state index >= 15 is 0 Å². The molecule has 0 radical (unpaired) electrons. The van der Waals surface area contributed by atoms with Gasteiger partial charge in [0.05, 0.1) is 18.3 Å². The zero-order valence-electron chi connectivity index (χ0n) is 13.9. The van der Waals surface area contributed by atoms with Crippen molar-refractivity contribution in [1.82, 2.24) is 19.6 Å². The minimum atomic E-state index is -1.11.